The Bertz CT molecular complexity index is 452. The van der Waals surface area contributed by atoms with E-state index in [2.05, 4.69) is 5.32 Å². The van der Waals surface area contributed by atoms with Gasteiger partial charge in [0.1, 0.15) is 0 Å². The predicted molar refractivity (Wildman–Crippen MR) is 76.2 cm³/mol. The summed E-state index contributed by atoms with van der Waals surface area (Å²) in [5.74, 6) is 0.234. The van der Waals surface area contributed by atoms with Crippen molar-refractivity contribution in [3.05, 3.63) is 34.9 Å². The molecule has 0 aliphatic heterocycles. The Balaban J connectivity index is 2.12. The van der Waals surface area contributed by atoms with Gasteiger partial charge in [-0.15, -0.1) is 0 Å². The Hall–Kier alpha value is -1.06. The molecule has 0 bridgehead atoms. The van der Waals surface area contributed by atoms with Gasteiger partial charge >= 0.3 is 0 Å². The fourth-order valence-electron chi connectivity index (χ4n) is 2.27. The number of nitrogens with one attached hydrogen (secondary N) is 1. The molecule has 1 aliphatic rings. The van der Waals surface area contributed by atoms with Crippen LogP contribution in [0.3, 0.4) is 0 Å². The van der Waals surface area contributed by atoms with Crippen molar-refractivity contribution in [2.75, 3.05) is 6.61 Å². The van der Waals surface area contributed by atoms with E-state index >= 15 is 0 Å². The molecule has 2 N–H and O–H groups in total. The standard InChI is InChI=1S/C15H20ClNO2/c1-10(2)13(9-18)17-14(19)15(7-8-15)11-3-5-12(16)6-4-11/h3-6,10,13,18H,7-9H2,1-2H3,(H,17,19). The summed E-state index contributed by atoms with van der Waals surface area (Å²) in [5.41, 5.74) is 0.599. The second kappa shape index (κ2) is 5.51. The highest BCUT2D eigenvalue weighted by molar-refractivity contribution is 6.30. The fourth-order valence-corrected chi connectivity index (χ4v) is 2.40. The smallest absolute Gasteiger partial charge is 0.230 e. The van der Waals surface area contributed by atoms with Crippen molar-refractivity contribution in [3.63, 3.8) is 0 Å². The summed E-state index contributed by atoms with van der Waals surface area (Å²) >= 11 is 5.88. The van der Waals surface area contributed by atoms with E-state index in [1.165, 1.54) is 0 Å². The maximum Gasteiger partial charge on any atom is 0.230 e. The lowest BCUT2D eigenvalue weighted by Gasteiger charge is -2.24. The van der Waals surface area contributed by atoms with E-state index < -0.39 is 5.41 Å². The Morgan fingerprint density at radius 1 is 1.37 bits per heavy atom. The number of hydrogen-bond donors (Lipinski definition) is 2. The number of aliphatic hydroxyl groups is 1. The summed E-state index contributed by atoms with van der Waals surface area (Å²) < 4.78 is 0. The number of rotatable bonds is 5. The molecule has 0 saturated heterocycles. The maximum atomic E-state index is 12.4. The van der Waals surface area contributed by atoms with Crippen LogP contribution < -0.4 is 5.32 Å². The monoisotopic (exact) mass is 281 g/mol. The highest BCUT2D eigenvalue weighted by Gasteiger charge is 2.51. The molecule has 1 saturated carbocycles. The molecule has 1 aromatic carbocycles. The van der Waals surface area contributed by atoms with E-state index in [1.807, 2.05) is 38.1 Å². The second-order valence-corrected chi connectivity index (χ2v) is 6.03. The molecular weight excluding hydrogens is 262 g/mol. The van der Waals surface area contributed by atoms with Crippen molar-refractivity contribution in [2.24, 2.45) is 5.92 Å². The van der Waals surface area contributed by atoms with Gasteiger partial charge in [-0.1, -0.05) is 37.6 Å². The molecule has 2 rings (SSSR count). The van der Waals surface area contributed by atoms with Crippen LogP contribution in [-0.4, -0.2) is 23.7 Å². The quantitative estimate of drug-likeness (QED) is 0.871. The Morgan fingerprint density at radius 2 is 1.95 bits per heavy atom. The average Bonchev–Trinajstić information content (AvgIpc) is 3.17. The largest absolute Gasteiger partial charge is 0.394 e. The molecule has 0 heterocycles. The van der Waals surface area contributed by atoms with E-state index in [4.69, 9.17) is 11.6 Å². The zero-order valence-electron chi connectivity index (χ0n) is 11.3. The molecule has 0 radical (unpaired) electrons. The van der Waals surface area contributed by atoms with Crippen molar-refractivity contribution in [2.45, 2.75) is 38.1 Å². The minimum Gasteiger partial charge on any atom is -0.394 e. The Kier molecular flexibility index (Phi) is 4.16. The summed E-state index contributed by atoms with van der Waals surface area (Å²) in [6, 6.07) is 7.28. The molecule has 1 unspecified atom stereocenters. The van der Waals surface area contributed by atoms with Crippen LogP contribution in [0.5, 0.6) is 0 Å². The summed E-state index contributed by atoms with van der Waals surface area (Å²) in [4.78, 5) is 12.4. The molecular formula is C15H20ClNO2. The van der Waals surface area contributed by atoms with Gasteiger partial charge in [0.2, 0.25) is 5.91 Å². The Morgan fingerprint density at radius 3 is 2.37 bits per heavy atom. The third kappa shape index (κ3) is 2.93. The molecule has 3 nitrogen and oxygen atoms in total. The SMILES string of the molecule is CC(C)C(CO)NC(=O)C1(c2ccc(Cl)cc2)CC1. The molecule has 104 valence electrons. The lowest BCUT2D eigenvalue weighted by Crippen LogP contribution is -2.45. The number of aliphatic hydroxyl groups excluding tert-OH is 1. The summed E-state index contributed by atoms with van der Waals surface area (Å²) in [5, 5.41) is 12.9. The van der Waals surface area contributed by atoms with Gasteiger partial charge in [0.25, 0.3) is 0 Å². The van der Waals surface area contributed by atoms with Crippen LogP contribution in [0.15, 0.2) is 24.3 Å². The minimum atomic E-state index is -0.410. The first-order chi connectivity index (χ1) is 8.99. The van der Waals surface area contributed by atoms with Crippen molar-refractivity contribution in [1.82, 2.24) is 5.32 Å². The molecule has 0 aromatic heterocycles. The van der Waals surface area contributed by atoms with Gasteiger partial charge in [-0.25, -0.2) is 0 Å². The van der Waals surface area contributed by atoms with Crippen LogP contribution in [0.25, 0.3) is 0 Å². The van der Waals surface area contributed by atoms with Gasteiger partial charge in [0, 0.05) is 5.02 Å². The first-order valence-corrected chi connectivity index (χ1v) is 7.05. The average molecular weight is 282 g/mol. The van der Waals surface area contributed by atoms with Crippen LogP contribution in [0.2, 0.25) is 5.02 Å². The van der Waals surface area contributed by atoms with Gasteiger partial charge in [-0.05, 0) is 36.5 Å². The number of benzene rings is 1. The molecule has 4 heteroatoms. The molecule has 1 aliphatic carbocycles. The number of hydrogen-bond acceptors (Lipinski definition) is 2. The highest BCUT2D eigenvalue weighted by atomic mass is 35.5. The third-order valence-electron chi connectivity index (χ3n) is 3.90. The minimum absolute atomic E-state index is 0.0163. The number of carbonyl (C=O) groups excluding carboxylic acids is 1. The summed E-state index contributed by atoms with van der Waals surface area (Å²) in [6.07, 6.45) is 1.72. The van der Waals surface area contributed by atoms with Crippen LogP contribution >= 0.6 is 11.6 Å². The van der Waals surface area contributed by atoms with Gasteiger partial charge in [0.05, 0.1) is 18.1 Å². The van der Waals surface area contributed by atoms with Crippen molar-refractivity contribution in [3.8, 4) is 0 Å². The van der Waals surface area contributed by atoms with Crippen LogP contribution in [0.4, 0.5) is 0 Å². The molecule has 1 aromatic rings. The van der Waals surface area contributed by atoms with E-state index in [0.29, 0.717) is 5.02 Å². The van der Waals surface area contributed by atoms with E-state index in [-0.39, 0.29) is 24.5 Å². The van der Waals surface area contributed by atoms with Gasteiger partial charge in [0.15, 0.2) is 0 Å². The van der Waals surface area contributed by atoms with E-state index in [9.17, 15) is 9.90 Å². The van der Waals surface area contributed by atoms with Gasteiger partial charge in [-0.3, -0.25) is 4.79 Å². The van der Waals surface area contributed by atoms with Crippen molar-refractivity contribution < 1.29 is 9.90 Å². The predicted octanol–water partition coefficient (Wildman–Crippen LogP) is 2.50. The topological polar surface area (TPSA) is 49.3 Å². The molecule has 0 spiro atoms. The summed E-state index contributed by atoms with van der Waals surface area (Å²) in [7, 11) is 0. The zero-order chi connectivity index (χ0) is 14.0. The fraction of sp³-hybridized carbons (Fsp3) is 0.533. The molecule has 1 atom stereocenters. The molecule has 1 fully saturated rings. The Labute approximate surface area is 119 Å². The second-order valence-electron chi connectivity index (χ2n) is 5.60. The highest BCUT2D eigenvalue weighted by Crippen LogP contribution is 2.48. The van der Waals surface area contributed by atoms with Gasteiger partial charge < -0.3 is 10.4 Å². The van der Waals surface area contributed by atoms with Crippen molar-refractivity contribution in [1.29, 1.82) is 0 Å². The maximum absolute atomic E-state index is 12.4. The van der Waals surface area contributed by atoms with Crippen LogP contribution in [0.1, 0.15) is 32.3 Å². The van der Waals surface area contributed by atoms with Crippen LogP contribution in [0, 0.1) is 5.92 Å². The number of amides is 1. The van der Waals surface area contributed by atoms with Crippen LogP contribution in [-0.2, 0) is 10.2 Å². The lowest BCUT2D eigenvalue weighted by molar-refractivity contribution is -0.125. The van der Waals surface area contributed by atoms with E-state index in [0.717, 1.165) is 18.4 Å². The third-order valence-corrected chi connectivity index (χ3v) is 4.15. The first kappa shape index (κ1) is 14.4. The lowest BCUT2D eigenvalue weighted by atomic mass is 9.94. The number of halogens is 1. The number of carbonyl (C=O) groups is 1. The van der Waals surface area contributed by atoms with Gasteiger partial charge in [-0.2, -0.15) is 0 Å². The molecule has 19 heavy (non-hydrogen) atoms. The van der Waals surface area contributed by atoms with Crippen molar-refractivity contribution >= 4 is 17.5 Å². The summed E-state index contributed by atoms with van der Waals surface area (Å²) in [6.45, 7) is 3.95. The van der Waals surface area contributed by atoms with E-state index in [1.54, 1.807) is 0 Å². The first-order valence-electron chi connectivity index (χ1n) is 6.67. The molecule has 1 amide bonds. The zero-order valence-corrected chi connectivity index (χ0v) is 12.1. The normalized spacial score (nSPS) is 18.2.